The molecule has 1 unspecified atom stereocenters. The molecule has 7 heteroatoms. The molecule has 0 amide bonds. The first-order valence-electron chi connectivity index (χ1n) is 5.72. The Bertz CT molecular complexity index is 455. The monoisotopic (exact) mass is 341 g/mol. The summed E-state index contributed by atoms with van der Waals surface area (Å²) in [4.78, 5) is 0. The molecule has 1 aromatic rings. The first-order chi connectivity index (χ1) is 8.90. The Hall–Kier alpha value is -0.820. The van der Waals surface area contributed by atoms with Crippen LogP contribution < -0.4 is 10.1 Å². The van der Waals surface area contributed by atoms with Crippen LogP contribution in [0.5, 0.6) is 5.75 Å². The van der Waals surface area contributed by atoms with Crippen molar-refractivity contribution >= 4 is 15.9 Å². The van der Waals surface area contributed by atoms with E-state index in [0.29, 0.717) is 24.3 Å². The Morgan fingerprint density at radius 3 is 2.84 bits per heavy atom. The fraction of sp³-hybridized carbons (Fsp3) is 0.500. The van der Waals surface area contributed by atoms with Gasteiger partial charge in [-0.05, 0) is 18.2 Å². The van der Waals surface area contributed by atoms with Crippen LogP contribution in [0.25, 0.3) is 0 Å². The van der Waals surface area contributed by atoms with Gasteiger partial charge in [0.15, 0.2) is 0 Å². The highest BCUT2D eigenvalue weighted by atomic mass is 79.9. The summed E-state index contributed by atoms with van der Waals surface area (Å²) < 4.78 is 56.2. The third-order valence-electron chi connectivity index (χ3n) is 2.91. The van der Waals surface area contributed by atoms with Gasteiger partial charge in [0.05, 0.1) is 13.2 Å². The molecule has 1 aliphatic heterocycles. The normalized spacial score (nSPS) is 19.2. The highest BCUT2D eigenvalue weighted by Crippen LogP contribution is 2.34. The Morgan fingerprint density at radius 1 is 1.42 bits per heavy atom. The van der Waals surface area contributed by atoms with E-state index in [9.17, 15) is 17.6 Å². The Balaban J connectivity index is 2.09. The van der Waals surface area contributed by atoms with Gasteiger partial charge in [-0.1, -0.05) is 15.9 Å². The molecule has 0 spiro atoms. The fourth-order valence-corrected chi connectivity index (χ4v) is 2.29. The summed E-state index contributed by atoms with van der Waals surface area (Å²) in [6, 6.07) is 4.83. The molecule has 1 heterocycles. The highest BCUT2D eigenvalue weighted by molar-refractivity contribution is 9.10. The predicted molar refractivity (Wildman–Crippen MR) is 65.9 cm³/mol. The molecule has 1 N–H and O–H groups in total. The van der Waals surface area contributed by atoms with E-state index >= 15 is 0 Å². The van der Waals surface area contributed by atoms with Crippen molar-refractivity contribution in [3.63, 3.8) is 0 Å². The second-order valence-electron chi connectivity index (χ2n) is 4.31. The molecule has 2 nitrogen and oxygen atoms in total. The first kappa shape index (κ1) is 14.6. The van der Waals surface area contributed by atoms with Gasteiger partial charge in [0, 0.05) is 22.5 Å². The minimum absolute atomic E-state index is 0.368. The second-order valence-corrected chi connectivity index (χ2v) is 5.23. The van der Waals surface area contributed by atoms with E-state index in [2.05, 4.69) is 21.2 Å². The van der Waals surface area contributed by atoms with Gasteiger partial charge in [-0.3, -0.25) is 0 Å². The Morgan fingerprint density at radius 2 is 2.16 bits per heavy atom. The third kappa shape index (κ3) is 3.39. The van der Waals surface area contributed by atoms with Gasteiger partial charge in [0.2, 0.25) is 0 Å². The molecule has 0 bridgehead atoms. The van der Waals surface area contributed by atoms with Gasteiger partial charge in [-0.2, -0.15) is 8.78 Å². The number of alkyl halides is 4. The summed E-state index contributed by atoms with van der Waals surface area (Å²) in [6.07, 6.45) is -3.20. The predicted octanol–water partition coefficient (Wildman–Crippen LogP) is 3.76. The standard InChI is InChI=1S/C12H12BrF4NO/c13-7-1-2-10-8(5-7)9(3-4-19-10)18-6-12(16,17)11(14)15/h1-2,5,9,11,18H,3-4,6H2. The molecule has 0 aromatic heterocycles. The van der Waals surface area contributed by atoms with Crippen molar-refractivity contribution < 1.29 is 22.3 Å². The zero-order valence-electron chi connectivity index (χ0n) is 9.81. The fourth-order valence-electron chi connectivity index (χ4n) is 1.91. The van der Waals surface area contributed by atoms with Gasteiger partial charge < -0.3 is 10.1 Å². The largest absolute Gasteiger partial charge is 0.493 e. The van der Waals surface area contributed by atoms with Crippen molar-refractivity contribution in [2.75, 3.05) is 13.2 Å². The van der Waals surface area contributed by atoms with Crippen LogP contribution >= 0.6 is 15.9 Å². The van der Waals surface area contributed by atoms with Crippen LogP contribution in [0.15, 0.2) is 22.7 Å². The SMILES string of the molecule is FC(F)C(F)(F)CNC1CCOc2ccc(Br)cc21. The van der Waals surface area contributed by atoms with Crippen molar-refractivity contribution in [1.29, 1.82) is 0 Å². The minimum atomic E-state index is -4.02. The molecule has 0 saturated carbocycles. The van der Waals surface area contributed by atoms with Crippen LogP contribution in [0.1, 0.15) is 18.0 Å². The van der Waals surface area contributed by atoms with Crippen molar-refractivity contribution in [3.8, 4) is 5.75 Å². The zero-order chi connectivity index (χ0) is 14.0. The van der Waals surface area contributed by atoms with E-state index in [1.165, 1.54) is 0 Å². The lowest BCUT2D eigenvalue weighted by atomic mass is 10.0. The number of nitrogens with one attached hydrogen (secondary N) is 1. The van der Waals surface area contributed by atoms with Crippen LogP contribution in [0.2, 0.25) is 0 Å². The van der Waals surface area contributed by atoms with E-state index in [1.807, 2.05) is 0 Å². The summed E-state index contributed by atoms with van der Waals surface area (Å²) >= 11 is 3.28. The zero-order valence-corrected chi connectivity index (χ0v) is 11.4. The summed E-state index contributed by atoms with van der Waals surface area (Å²) in [6.45, 7) is -0.687. The maximum atomic E-state index is 12.9. The van der Waals surface area contributed by atoms with Gasteiger partial charge in [0.25, 0.3) is 0 Å². The summed E-state index contributed by atoms with van der Waals surface area (Å²) in [5.41, 5.74) is 0.700. The molecule has 19 heavy (non-hydrogen) atoms. The number of hydrogen-bond acceptors (Lipinski definition) is 2. The lowest BCUT2D eigenvalue weighted by Gasteiger charge is -2.28. The molecule has 0 saturated heterocycles. The van der Waals surface area contributed by atoms with E-state index < -0.39 is 24.9 Å². The molecule has 0 radical (unpaired) electrons. The lowest BCUT2D eigenvalue weighted by molar-refractivity contribution is -0.126. The maximum absolute atomic E-state index is 12.9. The van der Waals surface area contributed by atoms with Crippen LogP contribution in [-0.2, 0) is 0 Å². The Kier molecular flexibility index (Phi) is 4.35. The van der Waals surface area contributed by atoms with Crippen LogP contribution in [0.3, 0.4) is 0 Å². The third-order valence-corrected chi connectivity index (χ3v) is 3.41. The molecule has 1 aromatic carbocycles. The molecular weight excluding hydrogens is 330 g/mol. The molecule has 0 aliphatic carbocycles. The number of hydrogen-bond donors (Lipinski definition) is 1. The van der Waals surface area contributed by atoms with E-state index in [-0.39, 0.29) is 0 Å². The van der Waals surface area contributed by atoms with Crippen LogP contribution in [0.4, 0.5) is 17.6 Å². The van der Waals surface area contributed by atoms with E-state index in [4.69, 9.17) is 4.74 Å². The number of fused-ring (bicyclic) bond motifs is 1. The second kappa shape index (κ2) is 5.66. The summed E-state index contributed by atoms with van der Waals surface area (Å²) in [5, 5.41) is 2.50. The van der Waals surface area contributed by atoms with Crippen molar-refractivity contribution in [3.05, 3.63) is 28.2 Å². The number of rotatable bonds is 4. The quantitative estimate of drug-likeness (QED) is 0.842. The van der Waals surface area contributed by atoms with Crippen LogP contribution in [0, 0.1) is 0 Å². The molecule has 1 atom stereocenters. The summed E-state index contributed by atoms with van der Waals surface area (Å²) in [7, 11) is 0. The minimum Gasteiger partial charge on any atom is -0.493 e. The number of halogens is 5. The van der Waals surface area contributed by atoms with Gasteiger partial charge in [-0.25, -0.2) is 8.78 Å². The van der Waals surface area contributed by atoms with Gasteiger partial charge in [-0.15, -0.1) is 0 Å². The topological polar surface area (TPSA) is 21.3 Å². The first-order valence-corrected chi connectivity index (χ1v) is 6.51. The van der Waals surface area contributed by atoms with Crippen molar-refractivity contribution in [1.82, 2.24) is 5.32 Å². The molecule has 106 valence electrons. The van der Waals surface area contributed by atoms with Crippen LogP contribution in [-0.4, -0.2) is 25.5 Å². The molecule has 0 fully saturated rings. The average molecular weight is 342 g/mol. The highest BCUT2D eigenvalue weighted by Gasteiger charge is 2.41. The van der Waals surface area contributed by atoms with Crippen molar-refractivity contribution in [2.45, 2.75) is 24.8 Å². The molecule has 1 aliphatic rings. The molecular formula is C12H12BrF4NO. The van der Waals surface area contributed by atoms with Gasteiger partial charge >= 0.3 is 12.3 Å². The van der Waals surface area contributed by atoms with E-state index in [0.717, 1.165) is 4.47 Å². The number of ether oxygens (including phenoxy) is 1. The van der Waals surface area contributed by atoms with E-state index in [1.54, 1.807) is 18.2 Å². The average Bonchev–Trinajstić information content (AvgIpc) is 2.36. The molecule has 2 rings (SSSR count). The lowest BCUT2D eigenvalue weighted by Crippen LogP contribution is -2.41. The Labute approximate surface area is 116 Å². The summed E-state index contributed by atoms with van der Waals surface area (Å²) in [5.74, 6) is -3.43. The van der Waals surface area contributed by atoms with Crippen molar-refractivity contribution in [2.24, 2.45) is 0 Å². The smallest absolute Gasteiger partial charge is 0.319 e. The maximum Gasteiger partial charge on any atom is 0.319 e. The number of benzene rings is 1. The van der Waals surface area contributed by atoms with Gasteiger partial charge in [0.1, 0.15) is 5.75 Å².